The van der Waals surface area contributed by atoms with Crippen LogP contribution in [0.25, 0.3) is 11.1 Å². The van der Waals surface area contributed by atoms with E-state index in [2.05, 4.69) is 53.6 Å². The predicted octanol–water partition coefficient (Wildman–Crippen LogP) is 3.17. The van der Waals surface area contributed by atoms with E-state index >= 15 is 0 Å². The molecule has 2 heteroatoms. The maximum atomic E-state index is 4.23. The van der Waals surface area contributed by atoms with Crippen LogP contribution in [0.1, 0.15) is 18.2 Å². The largest absolute Gasteiger partial charge is 0.313 e. The molecule has 0 radical (unpaired) electrons. The van der Waals surface area contributed by atoms with Gasteiger partial charge in [-0.15, -0.1) is 0 Å². The predicted molar refractivity (Wildman–Crippen MR) is 71.8 cm³/mol. The lowest BCUT2D eigenvalue weighted by Gasteiger charge is -2.06. The lowest BCUT2D eigenvalue weighted by atomic mass is 10.0. The van der Waals surface area contributed by atoms with Crippen LogP contribution in [-0.2, 0) is 6.54 Å². The number of hydrogen-bond donors (Lipinski definition) is 1. The van der Waals surface area contributed by atoms with Crippen LogP contribution in [0.15, 0.2) is 42.6 Å². The van der Waals surface area contributed by atoms with Crippen molar-refractivity contribution >= 4 is 0 Å². The highest BCUT2D eigenvalue weighted by Crippen LogP contribution is 2.20. The standard InChI is InChI=1S/C15H18N2/c1-3-16-11-13-5-4-6-14(10-13)15-7-8-17-12(2)9-15/h4-10,16H,3,11H2,1-2H3. The third-order valence-corrected chi connectivity index (χ3v) is 2.74. The highest BCUT2D eigenvalue weighted by molar-refractivity contribution is 5.64. The third kappa shape index (κ3) is 3.14. The number of nitrogens with one attached hydrogen (secondary N) is 1. The Bertz CT molecular complexity index is 492. The molecule has 0 spiro atoms. The smallest absolute Gasteiger partial charge is 0.0378 e. The van der Waals surface area contributed by atoms with E-state index in [1.807, 2.05) is 13.1 Å². The molecular weight excluding hydrogens is 208 g/mol. The van der Waals surface area contributed by atoms with Crippen molar-refractivity contribution in [3.63, 3.8) is 0 Å². The minimum absolute atomic E-state index is 0.925. The van der Waals surface area contributed by atoms with E-state index < -0.39 is 0 Å². The van der Waals surface area contributed by atoms with E-state index in [0.29, 0.717) is 0 Å². The molecule has 0 unspecified atom stereocenters. The number of rotatable bonds is 4. The number of hydrogen-bond acceptors (Lipinski definition) is 2. The summed E-state index contributed by atoms with van der Waals surface area (Å²) in [4.78, 5) is 4.23. The van der Waals surface area contributed by atoms with E-state index in [-0.39, 0.29) is 0 Å². The van der Waals surface area contributed by atoms with E-state index in [9.17, 15) is 0 Å². The highest BCUT2D eigenvalue weighted by atomic mass is 14.8. The molecule has 0 saturated heterocycles. The van der Waals surface area contributed by atoms with Crippen LogP contribution >= 0.6 is 0 Å². The number of aromatic nitrogens is 1. The van der Waals surface area contributed by atoms with Crippen molar-refractivity contribution in [3.05, 3.63) is 53.9 Å². The summed E-state index contributed by atoms with van der Waals surface area (Å²) in [5.74, 6) is 0. The highest BCUT2D eigenvalue weighted by Gasteiger charge is 1.99. The Morgan fingerprint density at radius 3 is 2.71 bits per heavy atom. The van der Waals surface area contributed by atoms with E-state index in [0.717, 1.165) is 18.8 Å². The zero-order valence-electron chi connectivity index (χ0n) is 10.4. The van der Waals surface area contributed by atoms with E-state index in [4.69, 9.17) is 0 Å². The lowest BCUT2D eigenvalue weighted by molar-refractivity contribution is 0.727. The fraction of sp³-hybridized carbons (Fsp3) is 0.267. The van der Waals surface area contributed by atoms with Gasteiger partial charge in [-0.2, -0.15) is 0 Å². The molecule has 0 aliphatic rings. The Labute approximate surface area is 103 Å². The summed E-state index contributed by atoms with van der Waals surface area (Å²) in [6.07, 6.45) is 1.86. The summed E-state index contributed by atoms with van der Waals surface area (Å²) < 4.78 is 0. The van der Waals surface area contributed by atoms with Crippen molar-refractivity contribution in [2.45, 2.75) is 20.4 Å². The van der Waals surface area contributed by atoms with Gasteiger partial charge in [0.2, 0.25) is 0 Å². The van der Waals surface area contributed by atoms with Gasteiger partial charge in [-0.3, -0.25) is 4.98 Å². The Morgan fingerprint density at radius 1 is 1.12 bits per heavy atom. The maximum Gasteiger partial charge on any atom is 0.0378 e. The van der Waals surface area contributed by atoms with Crippen LogP contribution in [-0.4, -0.2) is 11.5 Å². The van der Waals surface area contributed by atoms with Crippen LogP contribution in [0.5, 0.6) is 0 Å². The first-order valence-corrected chi connectivity index (χ1v) is 6.02. The Morgan fingerprint density at radius 2 is 1.94 bits per heavy atom. The number of benzene rings is 1. The van der Waals surface area contributed by atoms with Crippen molar-refractivity contribution < 1.29 is 0 Å². The summed E-state index contributed by atoms with van der Waals surface area (Å²) in [7, 11) is 0. The molecule has 0 aliphatic heterocycles. The molecule has 2 rings (SSSR count). The average Bonchev–Trinajstić information content (AvgIpc) is 2.37. The van der Waals surface area contributed by atoms with Gasteiger partial charge in [-0.05, 0) is 48.4 Å². The maximum absolute atomic E-state index is 4.23. The van der Waals surface area contributed by atoms with Gasteiger partial charge in [0, 0.05) is 18.4 Å². The molecule has 0 amide bonds. The first kappa shape index (κ1) is 11.8. The van der Waals surface area contributed by atoms with Crippen LogP contribution in [0.3, 0.4) is 0 Å². The topological polar surface area (TPSA) is 24.9 Å². The van der Waals surface area contributed by atoms with Gasteiger partial charge < -0.3 is 5.32 Å². The molecule has 0 saturated carbocycles. The molecule has 1 aromatic carbocycles. The molecule has 0 bridgehead atoms. The average molecular weight is 226 g/mol. The van der Waals surface area contributed by atoms with E-state index in [1.165, 1.54) is 16.7 Å². The summed E-state index contributed by atoms with van der Waals surface area (Å²) in [5, 5.41) is 3.34. The fourth-order valence-electron chi connectivity index (χ4n) is 1.86. The van der Waals surface area contributed by atoms with Gasteiger partial charge >= 0.3 is 0 Å². The molecule has 1 N–H and O–H groups in total. The number of aryl methyl sites for hydroxylation is 1. The Kier molecular flexibility index (Phi) is 3.89. The van der Waals surface area contributed by atoms with Crippen molar-refractivity contribution in [2.75, 3.05) is 6.54 Å². The van der Waals surface area contributed by atoms with Crippen molar-refractivity contribution in [1.29, 1.82) is 0 Å². The zero-order chi connectivity index (χ0) is 12.1. The first-order chi connectivity index (χ1) is 8.29. The van der Waals surface area contributed by atoms with Gasteiger partial charge in [0.1, 0.15) is 0 Å². The molecule has 1 heterocycles. The van der Waals surface area contributed by atoms with Gasteiger partial charge in [-0.1, -0.05) is 25.1 Å². The van der Waals surface area contributed by atoms with Gasteiger partial charge in [0.25, 0.3) is 0 Å². The molecular formula is C15H18N2. The molecule has 2 aromatic rings. The second-order valence-electron chi connectivity index (χ2n) is 4.17. The summed E-state index contributed by atoms with van der Waals surface area (Å²) in [6, 6.07) is 12.8. The third-order valence-electron chi connectivity index (χ3n) is 2.74. The quantitative estimate of drug-likeness (QED) is 0.866. The van der Waals surface area contributed by atoms with Gasteiger partial charge in [0.05, 0.1) is 0 Å². The molecule has 2 nitrogen and oxygen atoms in total. The van der Waals surface area contributed by atoms with Crippen LogP contribution in [0.4, 0.5) is 0 Å². The Hall–Kier alpha value is -1.67. The molecule has 88 valence electrons. The first-order valence-electron chi connectivity index (χ1n) is 6.02. The molecule has 17 heavy (non-hydrogen) atoms. The van der Waals surface area contributed by atoms with Crippen LogP contribution in [0, 0.1) is 6.92 Å². The normalized spacial score (nSPS) is 10.5. The number of pyridine rings is 1. The minimum Gasteiger partial charge on any atom is -0.313 e. The lowest BCUT2D eigenvalue weighted by Crippen LogP contribution is -2.11. The fourth-order valence-corrected chi connectivity index (χ4v) is 1.86. The molecule has 0 fully saturated rings. The summed E-state index contributed by atoms with van der Waals surface area (Å²) in [6.45, 7) is 6.06. The van der Waals surface area contributed by atoms with Gasteiger partial charge in [-0.25, -0.2) is 0 Å². The second kappa shape index (κ2) is 5.60. The van der Waals surface area contributed by atoms with Crippen molar-refractivity contribution in [1.82, 2.24) is 10.3 Å². The van der Waals surface area contributed by atoms with Crippen LogP contribution in [0.2, 0.25) is 0 Å². The van der Waals surface area contributed by atoms with Crippen molar-refractivity contribution in [2.24, 2.45) is 0 Å². The van der Waals surface area contributed by atoms with Gasteiger partial charge in [0.15, 0.2) is 0 Å². The Balaban J connectivity index is 2.26. The zero-order valence-corrected chi connectivity index (χ0v) is 10.4. The van der Waals surface area contributed by atoms with Crippen molar-refractivity contribution in [3.8, 4) is 11.1 Å². The van der Waals surface area contributed by atoms with E-state index in [1.54, 1.807) is 0 Å². The summed E-state index contributed by atoms with van der Waals surface area (Å²) in [5.41, 5.74) is 4.86. The monoisotopic (exact) mass is 226 g/mol. The number of nitrogens with zero attached hydrogens (tertiary/aromatic N) is 1. The molecule has 1 aromatic heterocycles. The molecule has 0 atom stereocenters. The second-order valence-corrected chi connectivity index (χ2v) is 4.17. The van der Waals surface area contributed by atoms with Crippen LogP contribution < -0.4 is 5.32 Å². The SMILES string of the molecule is CCNCc1cccc(-c2ccnc(C)c2)c1. The minimum atomic E-state index is 0.925. The molecule has 0 aliphatic carbocycles. The summed E-state index contributed by atoms with van der Waals surface area (Å²) >= 11 is 0.